The first kappa shape index (κ1) is 19.8. The van der Waals surface area contributed by atoms with Crippen LogP contribution in [0.4, 0.5) is 23.2 Å². The Labute approximate surface area is 165 Å². The van der Waals surface area contributed by atoms with Gasteiger partial charge in [0.25, 0.3) is 0 Å². The third-order valence-electron chi connectivity index (χ3n) is 4.08. The van der Waals surface area contributed by atoms with E-state index in [0.29, 0.717) is 6.07 Å². The molecule has 0 amide bonds. The molecule has 0 radical (unpaired) electrons. The summed E-state index contributed by atoms with van der Waals surface area (Å²) in [6, 6.07) is 19.7. The molecule has 0 heterocycles. The second-order valence-electron chi connectivity index (χ2n) is 6.02. The van der Waals surface area contributed by atoms with E-state index < -0.39 is 17.6 Å². The van der Waals surface area contributed by atoms with Crippen molar-refractivity contribution in [2.24, 2.45) is 0 Å². The lowest BCUT2D eigenvalue weighted by molar-refractivity contribution is -0.137. The number of rotatable bonds is 4. The number of anilines is 1. The zero-order chi connectivity index (χ0) is 20.1. The third kappa shape index (κ3) is 4.86. The van der Waals surface area contributed by atoms with E-state index in [9.17, 15) is 17.6 Å². The maximum atomic E-state index is 13.9. The zero-order valence-electron chi connectivity index (χ0n) is 14.6. The minimum atomic E-state index is -4.58. The van der Waals surface area contributed by atoms with Crippen molar-refractivity contribution < 1.29 is 17.6 Å². The molecule has 2 nitrogen and oxygen atoms in total. The number of thiocarbonyl (C=S) groups is 1. The molecular weight excluding hydrogens is 388 g/mol. The van der Waals surface area contributed by atoms with Crippen molar-refractivity contribution in [3.05, 3.63) is 89.7 Å². The van der Waals surface area contributed by atoms with Crippen LogP contribution in [0, 0.1) is 5.82 Å². The molecule has 3 aromatic carbocycles. The molecule has 3 rings (SSSR count). The van der Waals surface area contributed by atoms with E-state index >= 15 is 0 Å². The second kappa shape index (κ2) is 8.39. The molecule has 0 saturated carbocycles. The molecule has 2 N–H and O–H groups in total. The molecular formula is C21H16F4N2S. The molecule has 0 aromatic heterocycles. The van der Waals surface area contributed by atoms with Crippen LogP contribution in [0.1, 0.15) is 11.1 Å². The van der Waals surface area contributed by atoms with Crippen LogP contribution in [0.2, 0.25) is 0 Å². The van der Waals surface area contributed by atoms with E-state index in [1.807, 2.05) is 54.6 Å². The summed E-state index contributed by atoms with van der Waals surface area (Å²) in [4.78, 5) is 0. The topological polar surface area (TPSA) is 24.1 Å². The molecule has 28 heavy (non-hydrogen) atoms. The van der Waals surface area contributed by atoms with E-state index in [-0.39, 0.29) is 17.2 Å². The monoisotopic (exact) mass is 404 g/mol. The Kier molecular flexibility index (Phi) is 5.94. The van der Waals surface area contributed by atoms with E-state index in [2.05, 4.69) is 10.6 Å². The molecule has 0 aliphatic carbocycles. The van der Waals surface area contributed by atoms with Gasteiger partial charge in [-0.1, -0.05) is 54.6 Å². The minimum absolute atomic E-state index is 0.0384. The Bertz CT molecular complexity index is 972. The maximum Gasteiger partial charge on any atom is 0.416 e. The molecule has 0 aliphatic rings. The quantitative estimate of drug-likeness (QED) is 0.412. The Balaban J connectivity index is 1.68. The summed E-state index contributed by atoms with van der Waals surface area (Å²) < 4.78 is 51.8. The predicted octanol–water partition coefficient (Wildman–Crippen LogP) is 6.00. The van der Waals surface area contributed by atoms with Crippen LogP contribution in [0.3, 0.4) is 0 Å². The molecule has 0 saturated heterocycles. The minimum Gasteiger partial charge on any atom is -0.358 e. The summed E-state index contributed by atoms with van der Waals surface area (Å²) in [5.41, 5.74) is 1.77. The number of hydrogen-bond acceptors (Lipinski definition) is 1. The van der Waals surface area contributed by atoms with Crippen LogP contribution in [0.15, 0.2) is 72.8 Å². The molecule has 0 atom stereocenters. The summed E-state index contributed by atoms with van der Waals surface area (Å²) >= 11 is 5.25. The van der Waals surface area contributed by atoms with Crippen LogP contribution in [-0.2, 0) is 12.7 Å². The van der Waals surface area contributed by atoms with Gasteiger partial charge in [0.2, 0.25) is 0 Å². The van der Waals surface area contributed by atoms with Gasteiger partial charge in [-0.15, -0.1) is 0 Å². The first-order chi connectivity index (χ1) is 13.3. The van der Waals surface area contributed by atoms with Gasteiger partial charge in [-0.2, -0.15) is 13.2 Å². The highest BCUT2D eigenvalue weighted by molar-refractivity contribution is 7.80. The number of hydrogen-bond donors (Lipinski definition) is 2. The van der Waals surface area contributed by atoms with Gasteiger partial charge in [-0.3, -0.25) is 0 Å². The molecule has 0 aliphatic heterocycles. The molecule has 7 heteroatoms. The molecule has 0 spiro atoms. The molecule has 0 unspecified atom stereocenters. The highest BCUT2D eigenvalue weighted by Gasteiger charge is 2.31. The van der Waals surface area contributed by atoms with Crippen LogP contribution in [-0.4, -0.2) is 5.11 Å². The standard InChI is InChI=1S/C21H16F4N2S/c22-18-12-16(21(23,24)25)11-10-15(18)13-26-20(28)27-19-9-5-4-8-17(19)14-6-2-1-3-7-14/h1-12H,13H2,(H2,26,27,28). The smallest absolute Gasteiger partial charge is 0.358 e. The molecule has 0 fully saturated rings. The van der Waals surface area contributed by atoms with Gasteiger partial charge < -0.3 is 10.6 Å². The van der Waals surface area contributed by atoms with Crippen molar-refractivity contribution in [1.82, 2.24) is 5.32 Å². The fourth-order valence-electron chi connectivity index (χ4n) is 2.67. The van der Waals surface area contributed by atoms with E-state index in [0.717, 1.165) is 28.9 Å². The number of halogens is 4. The van der Waals surface area contributed by atoms with Crippen molar-refractivity contribution in [3.63, 3.8) is 0 Å². The zero-order valence-corrected chi connectivity index (χ0v) is 15.4. The first-order valence-corrected chi connectivity index (χ1v) is 8.80. The summed E-state index contributed by atoms with van der Waals surface area (Å²) in [7, 11) is 0. The fourth-order valence-corrected chi connectivity index (χ4v) is 2.85. The van der Waals surface area contributed by atoms with Crippen molar-refractivity contribution in [1.29, 1.82) is 0 Å². The predicted molar refractivity (Wildman–Crippen MR) is 106 cm³/mol. The van der Waals surface area contributed by atoms with Gasteiger partial charge in [0.05, 0.1) is 5.56 Å². The first-order valence-electron chi connectivity index (χ1n) is 8.39. The Hall–Kier alpha value is -2.93. The Morgan fingerprint density at radius 1 is 0.893 bits per heavy atom. The molecule has 144 valence electrons. The summed E-state index contributed by atoms with van der Waals surface area (Å²) in [5, 5.41) is 6.12. The summed E-state index contributed by atoms with van der Waals surface area (Å²) in [6.45, 7) is -0.0384. The molecule has 3 aromatic rings. The SMILES string of the molecule is Fc1cc(C(F)(F)F)ccc1CNC(=S)Nc1ccccc1-c1ccccc1. The highest BCUT2D eigenvalue weighted by Crippen LogP contribution is 2.30. The fraction of sp³-hybridized carbons (Fsp3) is 0.0952. The van der Waals surface area contributed by atoms with Gasteiger partial charge in [0.1, 0.15) is 5.82 Å². The van der Waals surface area contributed by atoms with Crippen LogP contribution < -0.4 is 10.6 Å². The van der Waals surface area contributed by atoms with Crippen molar-refractivity contribution in [3.8, 4) is 11.1 Å². The Morgan fingerprint density at radius 2 is 1.57 bits per heavy atom. The average molecular weight is 404 g/mol. The van der Waals surface area contributed by atoms with Gasteiger partial charge in [-0.05, 0) is 36.0 Å². The summed E-state index contributed by atoms with van der Waals surface area (Å²) in [6.07, 6.45) is -4.58. The molecule has 0 bridgehead atoms. The van der Waals surface area contributed by atoms with Gasteiger partial charge in [0.15, 0.2) is 5.11 Å². The van der Waals surface area contributed by atoms with Gasteiger partial charge >= 0.3 is 6.18 Å². The largest absolute Gasteiger partial charge is 0.416 e. The van der Waals surface area contributed by atoms with E-state index in [4.69, 9.17) is 12.2 Å². The lowest BCUT2D eigenvalue weighted by Gasteiger charge is -2.15. The van der Waals surface area contributed by atoms with Crippen molar-refractivity contribution >= 4 is 23.0 Å². The maximum absolute atomic E-state index is 13.9. The van der Waals surface area contributed by atoms with E-state index in [1.54, 1.807) is 0 Å². The number of benzene rings is 3. The van der Waals surface area contributed by atoms with Crippen LogP contribution in [0.25, 0.3) is 11.1 Å². The summed E-state index contributed by atoms with van der Waals surface area (Å²) in [5.74, 6) is -0.935. The lowest BCUT2D eigenvalue weighted by Crippen LogP contribution is -2.28. The van der Waals surface area contributed by atoms with Crippen LogP contribution >= 0.6 is 12.2 Å². The van der Waals surface area contributed by atoms with Crippen LogP contribution in [0.5, 0.6) is 0 Å². The van der Waals surface area contributed by atoms with E-state index in [1.165, 1.54) is 0 Å². The number of nitrogens with one attached hydrogen (secondary N) is 2. The van der Waals surface area contributed by atoms with Crippen molar-refractivity contribution in [2.45, 2.75) is 12.7 Å². The van der Waals surface area contributed by atoms with Crippen molar-refractivity contribution in [2.75, 3.05) is 5.32 Å². The number of alkyl halides is 3. The number of para-hydroxylation sites is 1. The second-order valence-corrected chi connectivity index (χ2v) is 6.43. The lowest BCUT2D eigenvalue weighted by atomic mass is 10.0. The third-order valence-corrected chi connectivity index (χ3v) is 4.33. The van der Waals surface area contributed by atoms with Gasteiger partial charge in [0, 0.05) is 23.4 Å². The van der Waals surface area contributed by atoms with Gasteiger partial charge in [-0.25, -0.2) is 4.39 Å². The Morgan fingerprint density at radius 3 is 2.25 bits per heavy atom. The normalized spacial score (nSPS) is 11.1. The highest BCUT2D eigenvalue weighted by atomic mass is 32.1. The average Bonchev–Trinajstić information content (AvgIpc) is 2.67.